The van der Waals surface area contributed by atoms with E-state index in [9.17, 15) is 0 Å². The first-order chi connectivity index (χ1) is 12.2. The molecule has 4 heterocycles. The first-order valence-electron chi connectivity index (χ1n) is 7.99. The van der Waals surface area contributed by atoms with Crippen LogP contribution in [0.15, 0.2) is 59.5 Å². The number of hydrogen-bond acceptors (Lipinski definition) is 4. The summed E-state index contributed by atoms with van der Waals surface area (Å²) in [6, 6.07) is 10.1. The quantitative estimate of drug-likeness (QED) is 0.494. The number of aryl methyl sites for hydroxylation is 2. The molecule has 122 valence electrons. The Labute approximate surface area is 143 Å². The lowest BCUT2D eigenvalue weighted by atomic mass is 10.1. The summed E-state index contributed by atoms with van der Waals surface area (Å²) in [5.74, 6) is 0.796. The van der Waals surface area contributed by atoms with Crippen LogP contribution >= 0.6 is 0 Å². The van der Waals surface area contributed by atoms with Crippen LogP contribution in [0.4, 0.5) is 0 Å². The van der Waals surface area contributed by atoms with E-state index < -0.39 is 0 Å². The molecule has 0 saturated carbocycles. The second-order valence-electron chi connectivity index (χ2n) is 6.13. The Morgan fingerprint density at radius 1 is 0.960 bits per heavy atom. The maximum absolute atomic E-state index is 6.18. The van der Waals surface area contributed by atoms with Crippen molar-refractivity contribution in [2.75, 3.05) is 0 Å². The molecule has 0 aliphatic heterocycles. The Bertz CT molecular complexity index is 1230. The van der Waals surface area contributed by atoms with Gasteiger partial charge < -0.3 is 4.42 Å². The van der Waals surface area contributed by atoms with Crippen LogP contribution in [0.1, 0.15) is 0 Å². The molecule has 0 fully saturated rings. The summed E-state index contributed by atoms with van der Waals surface area (Å²) in [4.78, 5) is 4.45. The second kappa shape index (κ2) is 5.04. The van der Waals surface area contributed by atoms with Gasteiger partial charge in [0.1, 0.15) is 11.3 Å². The molecule has 0 unspecified atom stereocenters. The fraction of sp³-hybridized carbons (Fsp3) is 0.105. The third-order valence-electron chi connectivity index (χ3n) is 4.46. The van der Waals surface area contributed by atoms with Gasteiger partial charge in [0, 0.05) is 54.6 Å². The Balaban J connectivity index is 1.69. The van der Waals surface area contributed by atoms with E-state index >= 15 is 0 Å². The number of pyridine rings is 1. The lowest BCUT2D eigenvalue weighted by molar-refractivity contribution is 0.632. The highest BCUT2D eigenvalue weighted by Crippen LogP contribution is 2.34. The highest BCUT2D eigenvalue weighted by molar-refractivity contribution is 5.93. The van der Waals surface area contributed by atoms with Gasteiger partial charge in [-0.25, -0.2) is 0 Å². The van der Waals surface area contributed by atoms with E-state index in [1.807, 2.05) is 55.6 Å². The van der Waals surface area contributed by atoms with Crippen LogP contribution in [-0.2, 0) is 14.1 Å². The molecule has 0 aliphatic rings. The summed E-state index contributed by atoms with van der Waals surface area (Å²) in [6.45, 7) is 0. The SMILES string of the molecule is Cn1cc(-c2ccnc3cc(-c4ccc5c(cnn5C)c4)oc23)cn1. The van der Waals surface area contributed by atoms with Crippen LogP contribution in [0.5, 0.6) is 0 Å². The van der Waals surface area contributed by atoms with E-state index in [0.29, 0.717) is 0 Å². The third-order valence-corrected chi connectivity index (χ3v) is 4.46. The molecule has 0 aliphatic carbocycles. The Morgan fingerprint density at radius 3 is 2.72 bits per heavy atom. The number of fused-ring (bicyclic) bond motifs is 2. The van der Waals surface area contributed by atoms with Gasteiger partial charge in [0.25, 0.3) is 0 Å². The number of rotatable bonds is 2. The first kappa shape index (κ1) is 14.0. The number of furan rings is 1. The van der Waals surface area contributed by atoms with Crippen molar-refractivity contribution in [2.24, 2.45) is 14.1 Å². The largest absolute Gasteiger partial charge is 0.454 e. The lowest BCUT2D eigenvalue weighted by Gasteiger charge is -1.99. The van der Waals surface area contributed by atoms with E-state index in [0.717, 1.165) is 44.5 Å². The van der Waals surface area contributed by atoms with Gasteiger partial charge in [0.15, 0.2) is 5.58 Å². The van der Waals surface area contributed by atoms with E-state index in [2.05, 4.69) is 27.3 Å². The molecule has 0 spiro atoms. The third kappa shape index (κ3) is 2.15. The topological polar surface area (TPSA) is 61.7 Å². The molecule has 0 bridgehead atoms. The number of hydrogen-bond donors (Lipinski definition) is 0. The van der Waals surface area contributed by atoms with Crippen LogP contribution in [0.2, 0.25) is 0 Å². The summed E-state index contributed by atoms with van der Waals surface area (Å²) >= 11 is 0. The van der Waals surface area contributed by atoms with Crippen molar-refractivity contribution in [1.29, 1.82) is 0 Å². The predicted octanol–water partition coefficient (Wildman–Crippen LogP) is 3.78. The summed E-state index contributed by atoms with van der Waals surface area (Å²) < 4.78 is 9.82. The fourth-order valence-corrected chi connectivity index (χ4v) is 3.18. The van der Waals surface area contributed by atoms with Gasteiger partial charge in [0.05, 0.1) is 17.9 Å². The highest BCUT2D eigenvalue weighted by atomic mass is 16.3. The van der Waals surface area contributed by atoms with E-state index in [1.165, 1.54) is 0 Å². The van der Waals surface area contributed by atoms with Crippen molar-refractivity contribution >= 4 is 22.0 Å². The van der Waals surface area contributed by atoms with Crippen LogP contribution < -0.4 is 0 Å². The normalized spacial score (nSPS) is 11.6. The highest BCUT2D eigenvalue weighted by Gasteiger charge is 2.14. The standard InChI is InChI=1S/C19H15N5O/c1-23-11-14(10-21-23)15-5-6-20-16-8-18(25-19(15)16)12-3-4-17-13(7-12)9-22-24(17)2/h3-11H,1-2H3. The van der Waals surface area contributed by atoms with Gasteiger partial charge in [-0.15, -0.1) is 0 Å². The number of benzene rings is 1. The summed E-state index contributed by atoms with van der Waals surface area (Å²) in [7, 11) is 3.84. The molecule has 0 N–H and O–H groups in total. The van der Waals surface area contributed by atoms with Gasteiger partial charge in [-0.1, -0.05) is 0 Å². The zero-order valence-electron chi connectivity index (χ0n) is 13.8. The van der Waals surface area contributed by atoms with Crippen LogP contribution in [0, 0.1) is 0 Å². The fourth-order valence-electron chi connectivity index (χ4n) is 3.18. The number of nitrogens with zero attached hydrogens (tertiary/aromatic N) is 5. The molecule has 0 atom stereocenters. The van der Waals surface area contributed by atoms with Gasteiger partial charge in [-0.2, -0.15) is 10.2 Å². The molecule has 5 rings (SSSR count). The lowest BCUT2D eigenvalue weighted by Crippen LogP contribution is -1.87. The van der Waals surface area contributed by atoms with Gasteiger partial charge in [-0.3, -0.25) is 14.3 Å². The number of aromatic nitrogens is 5. The predicted molar refractivity (Wildman–Crippen MR) is 95.9 cm³/mol. The van der Waals surface area contributed by atoms with E-state index in [1.54, 1.807) is 10.9 Å². The van der Waals surface area contributed by atoms with Crippen molar-refractivity contribution in [3.8, 4) is 22.5 Å². The zero-order valence-corrected chi connectivity index (χ0v) is 13.8. The molecule has 6 heteroatoms. The molecule has 5 aromatic rings. The molecule has 0 saturated heterocycles. The minimum Gasteiger partial charge on any atom is -0.454 e. The van der Waals surface area contributed by atoms with Crippen LogP contribution in [0.25, 0.3) is 44.5 Å². The summed E-state index contributed by atoms with van der Waals surface area (Å²) in [5.41, 5.74) is 5.72. The zero-order chi connectivity index (χ0) is 17.0. The monoisotopic (exact) mass is 329 g/mol. The molecule has 1 aromatic carbocycles. The minimum absolute atomic E-state index is 0.775. The summed E-state index contributed by atoms with van der Waals surface area (Å²) in [6.07, 6.45) is 7.46. The minimum atomic E-state index is 0.775. The van der Waals surface area contributed by atoms with Crippen molar-refractivity contribution in [3.05, 3.63) is 55.1 Å². The molecular weight excluding hydrogens is 314 g/mol. The molecular formula is C19H15N5O. The van der Waals surface area contributed by atoms with Crippen molar-refractivity contribution < 1.29 is 4.42 Å². The average molecular weight is 329 g/mol. The maximum Gasteiger partial charge on any atom is 0.161 e. The Morgan fingerprint density at radius 2 is 1.88 bits per heavy atom. The van der Waals surface area contributed by atoms with Gasteiger partial charge in [-0.05, 0) is 24.3 Å². The second-order valence-corrected chi connectivity index (χ2v) is 6.13. The molecule has 6 nitrogen and oxygen atoms in total. The molecule has 0 amide bonds. The van der Waals surface area contributed by atoms with Gasteiger partial charge in [0.2, 0.25) is 0 Å². The van der Waals surface area contributed by atoms with Crippen LogP contribution in [-0.4, -0.2) is 24.5 Å². The molecule has 4 aromatic heterocycles. The van der Waals surface area contributed by atoms with E-state index in [4.69, 9.17) is 4.42 Å². The maximum atomic E-state index is 6.18. The van der Waals surface area contributed by atoms with Crippen LogP contribution in [0.3, 0.4) is 0 Å². The van der Waals surface area contributed by atoms with Crippen molar-refractivity contribution in [3.63, 3.8) is 0 Å². The average Bonchev–Trinajstić information content (AvgIpc) is 3.33. The van der Waals surface area contributed by atoms with E-state index in [-0.39, 0.29) is 0 Å². The molecule has 0 radical (unpaired) electrons. The van der Waals surface area contributed by atoms with Crippen molar-refractivity contribution in [1.82, 2.24) is 24.5 Å². The molecule has 25 heavy (non-hydrogen) atoms. The van der Waals surface area contributed by atoms with Gasteiger partial charge >= 0.3 is 0 Å². The smallest absolute Gasteiger partial charge is 0.161 e. The Hall–Kier alpha value is -3.41. The first-order valence-corrected chi connectivity index (χ1v) is 7.99. The Kier molecular flexibility index (Phi) is 2.82. The summed E-state index contributed by atoms with van der Waals surface area (Å²) in [5, 5.41) is 9.62. The van der Waals surface area contributed by atoms with Crippen molar-refractivity contribution in [2.45, 2.75) is 0 Å².